The average molecular weight is 284 g/mol. The molecule has 0 aliphatic heterocycles. The molecule has 4 nitrogen and oxygen atoms in total. The van der Waals surface area contributed by atoms with E-state index in [-0.39, 0.29) is 5.82 Å². The number of rotatable bonds is 3. The number of ether oxygens (including phenoxy) is 1. The maximum atomic E-state index is 13.7. The summed E-state index contributed by atoms with van der Waals surface area (Å²) in [7, 11) is 0. The second-order valence-electron chi connectivity index (χ2n) is 4.67. The lowest BCUT2D eigenvalue weighted by Crippen LogP contribution is -2.11. The van der Waals surface area contributed by atoms with Crippen LogP contribution in [0.25, 0.3) is 11.0 Å². The van der Waals surface area contributed by atoms with Gasteiger partial charge in [-0.1, -0.05) is 18.2 Å². The topological polar surface area (TPSA) is 55.0 Å². The van der Waals surface area contributed by atoms with Gasteiger partial charge in [-0.3, -0.25) is 0 Å². The smallest absolute Gasteiger partial charge is 0.339 e. The van der Waals surface area contributed by atoms with Crippen LogP contribution in [0.4, 0.5) is 4.39 Å². The Bertz CT molecular complexity index is 798. The van der Waals surface area contributed by atoms with Crippen LogP contribution >= 0.6 is 0 Å². The van der Waals surface area contributed by atoms with Gasteiger partial charge in [0.1, 0.15) is 17.6 Å². The Hall–Kier alpha value is -2.69. The number of carbonyl (C=O) groups excluding carboxylic acids is 1. The number of hydrogen-bond donors (Lipinski definition) is 1. The van der Waals surface area contributed by atoms with Crippen LogP contribution in [-0.2, 0) is 4.74 Å². The van der Waals surface area contributed by atoms with E-state index in [1.165, 1.54) is 12.3 Å². The van der Waals surface area contributed by atoms with Gasteiger partial charge in [0, 0.05) is 23.3 Å². The van der Waals surface area contributed by atoms with Crippen molar-refractivity contribution in [1.29, 1.82) is 0 Å². The molecule has 106 valence electrons. The van der Waals surface area contributed by atoms with E-state index in [0.717, 1.165) is 0 Å². The van der Waals surface area contributed by atoms with Crippen molar-refractivity contribution < 1.29 is 13.9 Å². The molecule has 1 aromatic carbocycles. The number of esters is 1. The number of nitrogens with one attached hydrogen (secondary N) is 1. The van der Waals surface area contributed by atoms with Crippen molar-refractivity contribution in [2.75, 3.05) is 0 Å². The molecule has 1 N–H and O–H groups in total. The fourth-order valence-electron chi connectivity index (χ4n) is 2.23. The lowest BCUT2D eigenvalue weighted by atomic mass is 10.1. The Morgan fingerprint density at radius 3 is 2.90 bits per heavy atom. The Morgan fingerprint density at radius 1 is 1.29 bits per heavy atom. The highest BCUT2D eigenvalue weighted by Gasteiger charge is 2.18. The third kappa shape index (κ3) is 2.50. The van der Waals surface area contributed by atoms with E-state index in [2.05, 4.69) is 9.97 Å². The average Bonchev–Trinajstić information content (AvgIpc) is 2.95. The summed E-state index contributed by atoms with van der Waals surface area (Å²) in [5, 5.41) is 0.684. The molecule has 2 heterocycles. The number of hydrogen-bond acceptors (Lipinski definition) is 3. The van der Waals surface area contributed by atoms with E-state index in [1.54, 1.807) is 43.5 Å². The number of H-pyrrole nitrogens is 1. The fourth-order valence-corrected chi connectivity index (χ4v) is 2.23. The summed E-state index contributed by atoms with van der Waals surface area (Å²) in [4.78, 5) is 19.3. The number of benzene rings is 1. The van der Waals surface area contributed by atoms with Crippen LogP contribution in [0.2, 0.25) is 0 Å². The van der Waals surface area contributed by atoms with Crippen LogP contribution in [0.15, 0.2) is 48.8 Å². The van der Waals surface area contributed by atoms with Crippen LogP contribution in [0.5, 0.6) is 0 Å². The quantitative estimate of drug-likeness (QED) is 0.747. The van der Waals surface area contributed by atoms with Crippen LogP contribution in [0, 0.1) is 5.82 Å². The zero-order chi connectivity index (χ0) is 14.8. The molecule has 0 aliphatic rings. The van der Waals surface area contributed by atoms with Gasteiger partial charge in [0.25, 0.3) is 0 Å². The molecule has 1 unspecified atom stereocenters. The van der Waals surface area contributed by atoms with E-state index < -0.39 is 12.1 Å². The normalized spacial score (nSPS) is 12.3. The third-order valence-electron chi connectivity index (χ3n) is 3.31. The highest BCUT2D eigenvalue weighted by atomic mass is 19.1. The first-order valence-electron chi connectivity index (χ1n) is 6.54. The van der Waals surface area contributed by atoms with Gasteiger partial charge in [0.15, 0.2) is 0 Å². The number of halogens is 1. The number of fused-ring (bicyclic) bond motifs is 1. The van der Waals surface area contributed by atoms with Crippen molar-refractivity contribution in [3.05, 3.63) is 65.7 Å². The standard InChI is InChI=1S/C16H13FN2O2/c1-10(11-4-2-3-5-14(11)17)21-16(20)13-7-9-19-15-12(13)6-8-18-15/h2-10H,1H3,(H,18,19). The maximum absolute atomic E-state index is 13.7. The highest BCUT2D eigenvalue weighted by Crippen LogP contribution is 2.23. The Morgan fingerprint density at radius 2 is 2.10 bits per heavy atom. The number of pyridine rings is 1. The molecule has 1 atom stereocenters. The van der Waals surface area contributed by atoms with Crippen LogP contribution in [-0.4, -0.2) is 15.9 Å². The largest absolute Gasteiger partial charge is 0.454 e. The lowest BCUT2D eigenvalue weighted by Gasteiger charge is -2.14. The van der Waals surface area contributed by atoms with Gasteiger partial charge in [-0.25, -0.2) is 14.2 Å². The minimum atomic E-state index is -0.666. The molecule has 0 bridgehead atoms. The van der Waals surface area contributed by atoms with Crippen molar-refractivity contribution in [3.63, 3.8) is 0 Å². The van der Waals surface area contributed by atoms with Gasteiger partial charge in [0.2, 0.25) is 0 Å². The molecular formula is C16H13FN2O2. The van der Waals surface area contributed by atoms with E-state index in [0.29, 0.717) is 22.2 Å². The zero-order valence-corrected chi connectivity index (χ0v) is 11.3. The van der Waals surface area contributed by atoms with Gasteiger partial charge in [-0.15, -0.1) is 0 Å². The van der Waals surface area contributed by atoms with Gasteiger partial charge in [0.05, 0.1) is 5.56 Å². The molecular weight excluding hydrogens is 271 g/mol. The summed E-state index contributed by atoms with van der Waals surface area (Å²) in [5.41, 5.74) is 1.37. The maximum Gasteiger partial charge on any atom is 0.339 e. The molecule has 0 amide bonds. The van der Waals surface area contributed by atoms with Crippen molar-refractivity contribution in [2.45, 2.75) is 13.0 Å². The molecule has 21 heavy (non-hydrogen) atoms. The molecule has 0 saturated carbocycles. The summed E-state index contributed by atoms with van der Waals surface area (Å²) in [6.07, 6.45) is 2.57. The van der Waals surface area contributed by atoms with Gasteiger partial charge in [-0.05, 0) is 25.1 Å². The summed E-state index contributed by atoms with van der Waals surface area (Å²) in [6, 6.07) is 9.60. The Balaban J connectivity index is 1.87. The summed E-state index contributed by atoms with van der Waals surface area (Å²) in [6.45, 7) is 1.64. The molecule has 3 aromatic rings. The first kappa shape index (κ1) is 13.3. The Kier molecular flexibility index (Phi) is 3.39. The zero-order valence-electron chi connectivity index (χ0n) is 11.3. The van der Waals surface area contributed by atoms with Crippen molar-refractivity contribution in [3.8, 4) is 0 Å². The number of carbonyl (C=O) groups is 1. The van der Waals surface area contributed by atoms with Gasteiger partial charge >= 0.3 is 5.97 Å². The number of nitrogens with zero attached hydrogens (tertiary/aromatic N) is 1. The SMILES string of the molecule is CC(OC(=O)c1ccnc2[nH]ccc12)c1ccccc1F. The predicted octanol–water partition coefficient (Wildman–Crippen LogP) is 3.62. The first-order valence-corrected chi connectivity index (χ1v) is 6.54. The number of aromatic amines is 1. The Labute approximate surface area is 120 Å². The van der Waals surface area contributed by atoms with E-state index >= 15 is 0 Å². The van der Waals surface area contributed by atoms with Crippen molar-refractivity contribution in [2.24, 2.45) is 0 Å². The molecule has 0 saturated heterocycles. The van der Waals surface area contributed by atoms with E-state index in [9.17, 15) is 9.18 Å². The first-order chi connectivity index (χ1) is 10.2. The minimum absolute atomic E-state index is 0.352. The third-order valence-corrected chi connectivity index (χ3v) is 3.31. The fraction of sp³-hybridized carbons (Fsp3) is 0.125. The second kappa shape index (κ2) is 5.36. The molecule has 2 aromatic heterocycles. The predicted molar refractivity (Wildman–Crippen MR) is 76.3 cm³/mol. The summed E-state index contributed by atoms with van der Waals surface area (Å²) in [5.74, 6) is -0.892. The molecule has 5 heteroatoms. The molecule has 0 aliphatic carbocycles. The molecule has 0 spiro atoms. The second-order valence-corrected chi connectivity index (χ2v) is 4.67. The highest BCUT2D eigenvalue weighted by molar-refractivity contribution is 6.02. The van der Waals surface area contributed by atoms with E-state index in [1.807, 2.05) is 0 Å². The molecule has 0 fully saturated rings. The van der Waals surface area contributed by atoms with Crippen LogP contribution in [0.3, 0.4) is 0 Å². The monoisotopic (exact) mass is 284 g/mol. The summed E-state index contributed by atoms with van der Waals surface area (Å²) < 4.78 is 19.1. The van der Waals surface area contributed by atoms with Gasteiger partial charge in [-0.2, -0.15) is 0 Å². The van der Waals surface area contributed by atoms with Crippen molar-refractivity contribution >= 4 is 17.0 Å². The van der Waals surface area contributed by atoms with E-state index in [4.69, 9.17) is 4.74 Å². The van der Waals surface area contributed by atoms with Crippen LogP contribution in [0.1, 0.15) is 28.9 Å². The number of aromatic nitrogens is 2. The van der Waals surface area contributed by atoms with Crippen LogP contribution < -0.4 is 0 Å². The van der Waals surface area contributed by atoms with Crippen molar-refractivity contribution in [1.82, 2.24) is 9.97 Å². The van der Waals surface area contributed by atoms with Gasteiger partial charge < -0.3 is 9.72 Å². The molecule has 3 rings (SSSR count). The lowest BCUT2D eigenvalue weighted by molar-refractivity contribution is 0.0333. The molecule has 0 radical (unpaired) electrons. The minimum Gasteiger partial charge on any atom is -0.454 e. The summed E-state index contributed by atoms with van der Waals surface area (Å²) >= 11 is 0.